The van der Waals surface area contributed by atoms with Crippen LogP contribution in [0.25, 0.3) is 0 Å². The first-order valence-electron chi connectivity index (χ1n) is 15.1. The number of carbonyl (C=O) groups excluding carboxylic acids is 2. The van der Waals surface area contributed by atoms with Crippen molar-refractivity contribution in [1.29, 1.82) is 0 Å². The Hall–Kier alpha value is -2.99. The number of halogens is 32. The van der Waals surface area contributed by atoms with Crippen LogP contribution in [0, 0.1) is 0 Å². The molecule has 1 unspecified atom stereocenters. The van der Waals surface area contributed by atoms with Gasteiger partial charge in [0.05, 0.1) is 6.42 Å². The fourth-order valence-corrected chi connectivity index (χ4v) is 4.95. The highest BCUT2D eigenvalue weighted by Crippen LogP contribution is 2.64. The lowest BCUT2D eigenvalue weighted by Gasteiger charge is -2.42. The van der Waals surface area contributed by atoms with Crippen LogP contribution in [0.1, 0.15) is 6.42 Å². The Kier molecular flexibility index (Phi) is 17.4. The van der Waals surface area contributed by atoms with E-state index in [1.54, 1.807) is 0 Å². The molecule has 0 bridgehead atoms. The molecule has 382 valence electrons. The zero-order valence-corrected chi connectivity index (χ0v) is 30.7. The molecule has 0 saturated heterocycles. The lowest BCUT2D eigenvalue weighted by molar-refractivity contribution is -0.447. The van der Waals surface area contributed by atoms with Crippen molar-refractivity contribution >= 4 is 23.7 Å². The van der Waals surface area contributed by atoms with Gasteiger partial charge in [-0.15, -0.1) is 11.8 Å². The molecule has 5 nitrogen and oxygen atoms in total. The highest BCUT2D eigenvalue weighted by Gasteiger charge is 2.95. The Balaban J connectivity index is 6.64. The molecule has 0 aliphatic carbocycles. The maximum atomic E-state index is 14.2. The van der Waals surface area contributed by atoms with E-state index in [1.807, 2.05) is 0 Å². The van der Waals surface area contributed by atoms with Gasteiger partial charge in [0.25, 0.3) is 0 Å². The molecular weight excluding hydrogens is 1030 g/mol. The monoisotopic (exact) mass is 1050 g/mol. The number of nitrogens with zero attached hydrogens (tertiary/aromatic N) is 1. The largest absolute Gasteiger partial charge is 0.459 e. The van der Waals surface area contributed by atoms with Gasteiger partial charge in [0, 0.05) is 12.3 Å². The summed E-state index contributed by atoms with van der Waals surface area (Å²) in [4.78, 5) is 25.3. The summed E-state index contributed by atoms with van der Waals surface area (Å²) in [6.07, 6.45) is -14.7. The summed E-state index contributed by atoms with van der Waals surface area (Å²) in [5.74, 6) is -124. The highest BCUT2D eigenvalue weighted by atomic mass is 32.2. The number of carbonyl (C=O) groups is 2. The minimum atomic E-state index is -8.92. The molecule has 0 amide bonds. The van der Waals surface area contributed by atoms with Crippen molar-refractivity contribution in [2.75, 3.05) is 39.6 Å². The quantitative estimate of drug-likeness (QED) is 0.0671. The first kappa shape index (κ1) is 61.0. The Morgan fingerprint density at radius 1 is 0.438 bits per heavy atom. The van der Waals surface area contributed by atoms with Gasteiger partial charge in [-0.25, -0.2) is 17.6 Å². The molecule has 0 heterocycles. The number of hydrogen-bond acceptors (Lipinski definition) is 6. The first-order chi connectivity index (χ1) is 27.7. The molecule has 0 aromatic heterocycles. The maximum Gasteiger partial charge on any atom is 0.385 e. The van der Waals surface area contributed by atoms with E-state index in [0.717, 1.165) is 19.0 Å². The minimum Gasteiger partial charge on any atom is -0.459 e. The number of alkyl halides is 32. The summed E-state index contributed by atoms with van der Waals surface area (Å²) in [5.41, 5.74) is 0. The van der Waals surface area contributed by atoms with Crippen LogP contribution in [-0.4, -0.2) is 157 Å². The van der Waals surface area contributed by atoms with Crippen molar-refractivity contribution in [3.05, 3.63) is 0 Å². The van der Waals surface area contributed by atoms with Gasteiger partial charge < -0.3 is 14.4 Å². The molecule has 0 N–H and O–H groups in total. The van der Waals surface area contributed by atoms with Crippen molar-refractivity contribution in [2.45, 2.75) is 107 Å². The number of thioether (sulfide) groups is 1. The van der Waals surface area contributed by atoms with Crippen molar-refractivity contribution in [2.24, 2.45) is 0 Å². The van der Waals surface area contributed by atoms with Gasteiger partial charge in [-0.3, -0.25) is 9.59 Å². The predicted octanol–water partition coefficient (Wildman–Crippen LogP) is 10.6. The molecule has 0 radical (unpaired) electrons. The van der Waals surface area contributed by atoms with Crippen LogP contribution >= 0.6 is 11.8 Å². The van der Waals surface area contributed by atoms with Crippen molar-refractivity contribution < 1.29 is 160 Å². The topological polar surface area (TPSA) is 55.8 Å². The molecule has 0 aliphatic heterocycles. The van der Waals surface area contributed by atoms with E-state index in [0.29, 0.717) is 0 Å². The molecular formula is C26H19F32NO4S. The van der Waals surface area contributed by atoms with E-state index < -0.39 is 145 Å². The van der Waals surface area contributed by atoms with Crippen molar-refractivity contribution in [3.8, 4) is 0 Å². The predicted molar refractivity (Wildman–Crippen MR) is 143 cm³/mol. The maximum absolute atomic E-state index is 14.2. The molecule has 0 fully saturated rings. The van der Waals surface area contributed by atoms with Crippen LogP contribution in [0.15, 0.2) is 0 Å². The normalized spacial score (nSPS) is 16.2. The third kappa shape index (κ3) is 9.71. The average Bonchev–Trinajstić information content (AvgIpc) is 3.11. The zero-order chi connectivity index (χ0) is 52.1. The molecule has 0 spiro atoms. The molecule has 1 atom stereocenters. The van der Waals surface area contributed by atoms with Crippen LogP contribution in [0.5, 0.6) is 0 Å². The Morgan fingerprint density at radius 3 is 0.984 bits per heavy atom. The van der Waals surface area contributed by atoms with Crippen LogP contribution in [0.3, 0.4) is 0 Å². The van der Waals surface area contributed by atoms with Gasteiger partial charge in [-0.2, -0.15) is 123 Å². The van der Waals surface area contributed by atoms with Crippen LogP contribution < -0.4 is 0 Å². The summed E-state index contributed by atoms with van der Waals surface area (Å²) in [5, 5.41) is -2.96. The molecule has 0 aliphatic rings. The van der Waals surface area contributed by atoms with Gasteiger partial charge in [-0.05, 0) is 14.1 Å². The van der Waals surface area contributed by atoms with Gasteiger partial charge in [0.1, 0.15) is 5.25 Å². The van der Waals surface area contributed by atoms with Crippen molar-refractivity contribution in [1.82, 2.24) is 4.90 Å². The van der Waals surface area contributed by atoms with Crippen LogP contribution in [0.2, 0.25) is 0 Å². The van der Waals surface area contributed by atoms with Crippen molar-refractivity contribution in [3.63, 3.8) is 0 Å². The van der Waals surface area contributed by atoms with Crippen LogP contribution in [-0.2, 0) is 19.1 Å². The van der Waals surface area contributed by atoms with E-state index in [1.165, 1.54) is 0 Å². The lowest BCUT2D eigenvalue weighted by Crippen LogP contribution is -2.74. The Morgan fingerprint density at radius 2 is 0.703 bits per heavy atom. The molecule has 0 aromatic rings. The first-order valence-corrected chi connectivity index (χ1v) is 16.2. The number of hydrogen-bond donors (Lipinski definition) is 0. The molecule has 0 saturated carbocycles. The summed E-state index contributed by atoms with van der Waals surface area (Å²) in [6.45, 7) is -8.30. The highest BCUT2D eigenvalue weighted by molar-refractivity contribution is 8.00. The third-order valence-electron chi connectivity index (χ3n) is 7.74. The second-order valence-electron chi connectivity index (χ2n) is 12.6. The molecule has 0 aromatic carbocycles. The van der Waals surface area contributed by atoms with Gasteiger partial charge in [0.15, 0.2) is 13.2 Å². The van der Waals surface area contributed by atoms with E-state index in [4.69, 9.17) is 0 Å². The Bertz CT molecular complexity index is 1610. The molecule has 64 heavy (non-hydrogen) atoms. The zero-order valence-electron chi connectivity index (χ0n) is 29.9. The summed E-state index contributed by atoms with van der Waals surface area (Å²) in [7, 11) is 2.22. The smallest absolute Gasteiger partial charge is 0.385 e. The van der Waals surface area contributed by atoms with Gasteiger partial charge in [-0.1, -0.05) is 0 Å². The van der Waals surface area contributed by atoms with E-state index in [2.05, 4.69) is 9.47 Å². The average molecular weight is 1050 g/mol. The standard InChI is InChI=1S/C26H19F32NO4S/c1-59(2)3-4-64-8(10(61)63-7-14(33,34)18(41,42)22(49,50)26(57,58)24(53,54)20(45,46)16(37,38)12(29)30)5-9(60)62-6-13(31,32)17(39,40)21(47,48)25(55,56)23(51,52)19(43,44)15(35,36)11(27)28/h8,11-12H,3-7H2,1-2H3. The number of ether oxygens (including phenoxy) is 2. The summed E-state index contributed by atoms with van der Waals surface area (Å²) < 4.78 is 439. The van der Waals surface area contributed by atoms with Crippen LogP contribution in [0.4, 0.5) is 140 Å². The molecule has 38 heteroatoms. The minimum absolute atomic E-state index is 0.336. The SMILES string of the molecule is CN(C)CCSC(CC(=O)OCC(F)(F)C(F)(F)C(F)(F)C(F)(F)C(F)(F)C(F)(F)C(F)(F)C(F)F)C(=O)OCC(F)(F)C(F)(F)C(F)(F)C(F)(F)C(F)(F)C(F)(F)C(F)(F)C(F)F. The third-order valence-corrected chi connectivity index (χ3v) is 8.92. The summed E-state index contributed by atoms with van der Waals surface area (Å²) in [6, 6.07) is 0. The number of esters is 2. The fourth-order valence-electron chi connectivity index (χ4n) is 3.74. The molecule has 0 rings (SSSR count). The second kappa shape index (κ2) is 18.2. The van der Waals surface area contributed by atoms with Gasteiger partial charge >= 0.3 is 108 Å². The second-order valence-corrected chi connectivity index (χ2v) is 13.9. The van der Waals surface area contributed by atoms with E-state index in [-0.39, 0.29) is 11.8 Å². The van der Waals surface area contributed by atoms with Gasteiger partial charge in [0.2, 0.25) is 0 Å². The Labute approximate surface area is 336 Å². The fraction of sp³-hybridized carbons (Fsp3) is 0.923. The number of rotatable bonds is 25. The summed E-state index contributed by atoms with van der Waals surface area (Å²) >= 11 is -0.336. The van der Waals surface area contributed by atoms with E-state index >= 15 is 0 Å². The lowest BCUT2D eigenvalue weighted by atomic mass is 9.89. The van der Waals surface area contributed by atoms with E-state index in [9.17, 15) is 150 Å².